The zero-order valence-corrected chi connectivity index (χ0v) is 14.9. The van der Waals surface area contributed by atoms with Crippen LogP contribution in [0.25, 0.3) is 11.0 Å². The van der Waals surface area contributed by atoms with Gasteiger partial charge in [-0.1, -0.05) is 24.3 Å². The average Bonchev–Trinajstić information content (AvgIpc) is 2.70. The van der Waals surface area contributed by atoms with Gasteiger partial charge >= 0.3 is 5.69 Å². The van der Waals surface area contributed by atoms with Gasteiger partial charge < -0.3 is 0 Å². The lowest BCUT2D eigenvalue weighted by molar-refractivity contribution is 0.632. The van der Waals surface area contributed by atoms with E-state index < -0.39 is 0 Å². The number of fused-ring (bicyclic) bond motifs is 1. The molecule has 3 heterocycles. The summed E-state index contributed by atoms with van der Waals surface area (Å²) in [6, 6.07) is 15.0. The third-order valence-electron chi connectivity index (χ3n) is 4.67. The second-order valence-electron chi connectivity index (χ2n) is 6.41. The van der Waals surface area contributed by atoms with E-state index in [0.717, 1.165) is 16.7 Å². The highest BCUT2D eigenvalue weighted by Crippen LogP contribution is 2.12. The van der Waals surface area contributed by atoms with Crippen LogP contribution in [0, 0.1) is 6.92 Å². The van der Waals surface area contributed by atoms with E-state index in [9.17, 15) is 9.59 Å². The minimum atomic E-state index is -0.381. The highest BCUT2D eigenvalue weighted by atomic mass is 16.2. The van der Waals surface area contributed by atoms with Gasteiger partial charge in [-0.3, -0.25) is 18.9 Å². The first-order chi connectivity index (χ1) is 13.1. The summed E-state index contributed by atoms with van der Waals surface area (Å²) in [5.74, 6) is 0. The van der Waals surface area contributed by atoms with Crippen LogP contribution in [0.5, 0.6) is 0 Å². The molecule has 0 radical (unpaired) electrons. The van der Waals surface area contributed by atoms with Crippen LogP contribution in [-0.2, 0) is 13.1 Å². The normalized spacial score (nSPS) is 11.0. The molecule has 0 fully saturated rings. The van der Waals surface area contributed by atoms with Gasteiger partial charge in [0, 0.05) is 18.6 Å². The lowest BCUT2D eigenvalue weighted by Crippen LogP contribution is -2.41. The summed E-state index contributed by atoms with van der Waals surface area (Å²) in [7, 11) is 0. The summed E-state index contributed by atoms with van der Waals surface area (Å²) in [5, 5.41) is 0. The van der Waals surface area contributed by atoms with Crippen molar-refractivity contribution in [2.24, 2.45) is 0 Å². The summed E-state index contributed by atoms with van der Waals surface area (Å²) >= 11 is 0. The number of nitrogens with zero attached hydrogens (tertiary/aromatic N) is 4. The Morgan fingerprint density at radius 2 is 1.63 bits per heavy atom. The molecule has 0 unspecified atom stereocenters. The predicted molar refractivity (Wildman–Crippen MR) is 104 cm³/mol. The van der Waals surface area contributed by atoms with Crippen molar-refractivity contribution in [3.63, 3.8) is 0 Å². The molecule has 0 aliphatic rings. The topological polar surface area (TPSA) is 69.8 Å². The number of pyridine rings is 2. The number of aromatic nitrogens is 4. The van der Waals surface area contributed by atoms with Crippen molar-refractivity contribution in [1.82, 2.24) is 19.1 Å². The van der Waals surface area contributed by atoms with Crippen molar-refractivity contribution in [1.29, 1.82) is 0 Å². The van der Waals surface area contributed by atoms with Crippen molar-refractivity contribution in [3.8, 4) is 0 Å². The molecule has 0 aliphatic carbocycles. The first-order valence-electron chi connectivity index (χ1n) is 8.67. The first-order valence-corrected chi connectivity index (χ1v) is 8.67. The van der Waals surface area contributed by atoms with E-state index in [1.807, 2.05) is 31.2 Å². The smallest absolute Gasteiger partial charge is 0.287 e. The van der Waals surface area contributed by atoms with Gasteiger partial charge in [0.05, 0.1) is 18.6 Å². The van der Waals surface area contributed by atoms with E-state index in [0.29, 0.717) is 17.6 Å². The van der Waals surface area contributed by atoms with E-state index in [1.54, 1.807) is 47.4 Å². The minimum Gasteiger partial charge on any atom is -0.287 e. The molecular weight excluding hydrogens is 340 g/mol. The average molecular weight is 358 g/mol. The van der Waals surface area contributed by atoms with E-state index >= 15 is 0 Å². The Kier molecular flexibility index (Phi) is 4.38. The molecule has 0 saturated carbocycles. The maximum atomic E-state index is 13.2. The van der Waals surface area contributed by atoms with Crippen LogP contribution in [0.15, 0.2) is 76.7 Å². The predicted octanol–water partition coefficient (Wildman–Crippen LogP) is 2.36. The highest BCUT2D eigenvalue weighted by Gasteiger charge is 2.15. The van der Waals surface area contributed by atoms with Crippen molar-refractivity contribution in [3.05, 3.63) is 105 Å². The molecule has 0 saturated heterocycles. The van der Waals surface area contributed by atoms with Gasteiger partial charge in [0.2, 0.25) is 0 Å². The Morgan fingerprint density at radius 3 is 2.41 bits per heavy atom. The van der Waals surface area contributed by atoms with Crippen molar-refractivity contribution in [2.75, 3.05) is 0 Å². The SMILES string of the molecule is Cc1ccccc1Cn1c(=O)n(Cc2ccncc2)c(=O)c2ncccc21. The molecule has 0 atom stereocenters. The van der Waals surface area contributed by atoms with Gasteiger partial charge in [-0.2, -0.15) is 0 Å². The third-order valence-corrected chi connectivity index (χ3v) is 4.67. The number of hydrogen-bond donors (Lipinski definition) is 0. The standard InChI is InChI=1S/C21H18N4O2/c1-15-5-2-3-6-17(15)14-24-18-7-4-10-23-19(18)20(26)25(21(24)27)13-16-8-11-22-12-9-16/h2-12H,13-14H2,1H3. The fraction of sp³-hybridized carbons (Fsp3) is 0.143. The fourth-order valence-electron chi connectivity index (χ4n) is 3.16. The van der Waals surface area contributed by atoms with E-state index in [4.69, 9.17) is 0 Å². The Hall–Kier alpha value is -3.54. The van der Waals surface area contributed by atoms with Crippen molar-refractivity contribution < 1.29 is 0 Å². The molecular formula is C21H18N4O2. The van der Waals surface area contributed by atoms with Crippen LogP contribution in [0.1, 0.15) is 16.7 Å². The van der Waals surface area contributed by atoms with Crippen LogP contribution < -0.4 is 11.2 Å². The van der Waals surface area contributed by atoms with Gasteiger partial charge in [-0.15, -0.1) is 0 Å². The zero-order valence-electron chi connectivity index (χ0n) is 14.9. The number of benzene rings is 1. The molecule has 27 heavy (non-hydrogen) atoms. The van der Waals surface area contributed by atoms with Crippen LogP contribution in [0.3, 0.4) is 0 Å². The lowest BCUT2D eigenvalue weighted by Gasteiger charge is -2.15. The molecule has 4 rings (SSSR count). The number of rotatable bonds is 4. The third kappa shape index (κ3) is 3.17. The summed E-state index contributed by atoms with van der Waals surface area (Å²) < 4.78 is 2.86. The maximum absolute atomic E-state index is 13.2. The van der Waals surface area contributed by atoms with E-state index in [-0.39, 0.29) is 17.8 Å². The van der Waals surface area contributed by atoms with E-state index in [1.165, 1.54) is 4.57 Å². The molecule has 3 aromatic heterocycles. The summed E-state index contributed by atoms with van der Waals surface area (Å²) in [6.45, 7) is 2.57. The molecule has 0 bridgehead atoms. The maximum Gasteiger partial charge on any atom is 0.332 e. The largest absolute Gasteiger partial charge is 0.332 e. The van der Waals surface area contributed by atoms with Crippen LogP contribution >= 0.6 is 0 Å². The van der Waals surface area contributed by atoms with Gasteiger partial charge in [-0.25, -0.2) is 9.78 Å². The summed E-state index contributed by atoms with van der Waals surface area (Å²) in [4.78, 5) is 34.3. The molecule has 0 N–H and O–H groups in total. The molecule has 1 aromatic carbocycles. The molecule has 0 spiro atoms. The summed E-state index contributed by atoms with van der Waals surface area (Å²) in [5.41, 5.74) is 3.06. The van der Waals surface area contributed by atoms with Crippen LogP contribution in [-0.4, -0.2) is 19.1 Å². The van der Waals surface area contributed by atoms with Crippen LogP contribution in [0.4, 0.5) is 0 Å². The van der Waals surface area contributed by atoms with E-state index in [2.05, 4.69) is 9.97 Å². The summed E-state index contributed by atoms with van der Waals surface area (Å²) in [6.07, 6.45) is 4.86. The Labute approximate surface area is 155 Å². The zero-order chi connectivity index (χ0) is 18.8. The molecule has 6 nitrogen and oxygen atoms in total. The van der Waals surface area contributed by atoms with Gasteiger partial charge in [0.1, 0.15) is 0 Å². The van der Waals surface area contributed by atoms with Gasteiger partial charge in [0.15, 0.2) is 5.52 Å². The number of hydrogen-bond acceptors (Lipinski definition) is 4. The monoisotopic (exact) mass is 358 g/mol. The molecule has 134 valence electrons. The minimum absolute atomic E-state index is 0.181. The second-order valence-corrected chi connectivity index (χ2v) is 6.41. The quantitative estimate of drug-likeness (QED) is 0.562. The molecule has 0 aliphatic heterocycles. The van der Waals surface area contributed by atoms with Crippen LogP contribution in [0.2, 0.25) is 0 Å². The lowest BCUT2D eigenvalue weighted by atomic mass is 10.1. The highest BCUT2D eigenvalue weighted by molar-refractivity contribution is 5.73. The molecule has 6 heteroatoms. The van der Waals surface area contributed by atoms with Gasteiger partial charge in [-0.05, 0) is 47.9 Å². The molecule has 4 aromatic rings. The Balaban J connectivity index is 1.93. The Morgan fingerprint density at radius 1 is 0.852 bits per heavy atom. The Bertz CT molecular complexity index is 1230. The fourth-order valence-corrected chi connectivity index (χ4v) is 3.16. The molecule has 0 amide bonds. The van der Waals surface area contributed by atoms with Crippen molar-refractivity contribution in [2.45, 2.75) is 20.0 Å². The number of aryl methyl sites for hydroxylation is 1. The van der Waals surface area contributed by atoms with Crippen molar-refractivity contribution >= 4 is 11.0 Å². The first kappa shape index (κ1) is 16.9. The second kappa shape index (κ2) is 6.99. The van der Waals surface area contributed by atoms with Gasteiger partial charge in [0.25, 0.3) is 5.56 Å².